The van der Waals surface area contributed by atoms with Crippen LogP contribution in [0, 0.1) is 0 Å². The summed E-state index contributed by atoms with van der Waals surface area (Å²) in [5.74, 6) is -1.39. The molecule has 0 spiro atoms. The fourth-order valence-electron chi connectivity index (χ4n) is 2.26. The van der Waals surface area contributed by atoms with Crippen LogP contribution in [-0.2, 0) is 11.2 Å². The van der Waals surface area contributed by atoms with E-state index in [-0.39, 0.29) is 0 Å². The van der Waals surface area contributed by atoms with Gasteiger partial charge in [0.2, 0.25) is 0 Å². The molecule has 24 heavy (non-hydrogen) atoms. The molecule has 4 N–H and O–H groups in total. The van der Waals surface area contributed by atoms with Crippen LogP contribution >= 0.6 is 0 Å². The van der Waals surface area contributed by atoms with Crippen molar-refractivity contribution in [3.63, 3.8) is 0 Å². The lowest BCUT2D eigenvalue weighted by atomic mass is 10.0. The molecular formula is C18H20N2O4. The molecule has 0 heterocycles. The predicted octanol–water partition coefficient (Wildman–Crippen LogP) is 1.51. The molecule has 1 atom stereocenters. The number of hydrogen-bond acceptors (Lipinski definition) is 4. The summed E-state index contributed by atoms with van der Waals surface area (Å²) in [4.78, 5) is 23.3. The maximum absolute atomic E-state index is 12.1. The van der Waals surface area contributed by atoms with E-state index in [9.17, 15) is 9.59 Å². The maximum atomic E-state index is 12.1. The number of aryl methyl sites for hydroxylation is 1. The summed E-state index contributed by atoms with van der Waals surface area (Å²) in [6.45, 7) is 1.49. The predicted molar refractivity (Wildman–Crippen MR) is 89.5 cm³/mol. The van der Waals surface area contributed by atoms with Crippen molar-refractivity contribution in [2.45, 2.75) is 19.4 Å². The average molecular weight is 328 g/mol. The number of amides is 2. The molecule has 0 radical (unpaired) electrons. The Balaban J connectivity index is 2.10. The van der Waals surface area contributed by atoms with E-state index in [1.165, 1.54) is 11.0 Å². The Morgan fingerprint density at radius 1 is 1.00 bits per heavy atom. The molecule has 6 nitrogen and oxygen atoms in total. The van der Waals surface area contributed by atoms with E-state index >= 15 is 0 Å². The summed E-state index contributed by atoms with van der Waals surface area (Å²) < 4.78 is 0. The molecule has 0 unspecified atom stereocenters. The first-order valence-corrected chi connectivity index (χ1v) is 7.64. The second-order valence-electron chi connectivity index (χ2n) is 5.31. The minimum absolute atomic E-state index is 0.355. The largest absolute Gasteiger partial charge is 0.394 e. The molecule has 2 rings (SSSR count). The van der Waals surface area contributed by atoms with Crippen LogP contribution in [0.5, 0.6) is 0 Å². The molecule has 126 valence electrons. The minimum Gasteiger partial charge on any atom is -0.394 e. The van der Waals surface area contributed by atoms with Gasteiger partial charge in [-0.2, -0.15) is 0 Å². The maximum Gasteiger partial charge on any atom is 0.268 e. The van der Waals surface area contributed by atoms with Crippen LogP contribution in [0.25, 0.3) is 11.1 Å². The molecule has 2 amide bonds. The van der Waals surface area contributed by atoms with E-state index in [2.05, 4.69) is 24.4 Å². The van der Waals surface area contributed by atoms with Crippen molar-refractivity contribution in [2.75, 3.05) is 6.61 Å². The molecule has 0 saturated heterocycles. The SMILES string of the molecule is CCc1ccc(-c2ccc(C(=O)N[C@H](CO)C(=O)NO)cc2)cc1. The molecule has 0 fully saturated rings. The number of hydroxylamine groups is 1. The van der Waals surface area contributed by atoms with Gasteiger partial charge in [-0.05, 0) is 35.2 Å². The standard InChI is InChI=1S/C18H20N2O4/c1-2-12-3-5-13(6-4-12)14-7-9-15(10-8-14)17(22)19-16(11-21)18(23)20-24/h3-10,16,21,24H,2,11H2,1H3,(H,19,22)(H,20,23)/t16-/m1/s1. The Labute approximate surface area is 140 Å². The van der Waals surface area contributed by atoms with Crippen LogP contribution in [-0.4, -0.2) is 34.8 Å². The number of aliphatic hydroxyl groups is 1. The van der Waals surface area contributed by atoms with Crippen molar-refractivity contribution in [1.29, 1.82) is 0 Å². The highest BCUT2D eigenvalue weighted by Gasteiger charge is 2.20. The Morgan fingerprint density at radius 3 is 2.00 bits per heavy atom. The van der Waals surface area contributed by atoms with Crippen molar-refractivity contribution < 1.29 is 19.9 Å². The molecule has 0 aliphatic rings. The van der Waals surface area contributed by atoms with Crippen LogP contribution < -0.4 is 10.8 Å². The van der Waals surface area contributed by atoms with E-state index in [4.69, 9.17) is 10.3 Å². The highest BCUT2D eigenvalue weighted by Crippen LogP contribution is 2.20. The average Bonchev–Trinajstić information content (AvgIpc) is 2.65. The van der Waals surface area contributed by atoms with Crippen molar-refractivity contribution >= 4 is 11.8 Å². The van der Waals surface area contributed by atoms with Crippen LogP contribution in [0.3, 0.4) is 0 Å². The number of aliphatic hydroxyl groups excluding tert-OH is 1. The number of carbonyl (C=O) groups is 2. The van der Waals surface area contributed by atoms with Crippen LogP contribution in [0.4, 0.5) is 0 Å². The van der Waals surface area contributed by atoms with E-state index in [1.54, 1.807) is 12.1 Å². The van der Waals surface area contributed by atoms with Crippen molar-refractivity contribution in [1.82, 2.24) is 10.8 Å². The third-order valence-electron chi connectivity index (χ3n) is 3.76. The zero-order valence-corrected chi connectivity index (χ0v) is 13.3. The fourth-order valence-corrected chi connectivity index (χ4v) is 2.26. The van der Waals surface area contributed by atoms with Gasteiger partial charge in [-0.25, -0.2) is 5.48 Å². The fraction of sp³-hybridized carbons (Fsp3) is 0.222. The number of benzene rings is 2. The molecule has 2 aromatic rings. The van der Waals surface area contributed by atoms with Gasteiger partial charge in [0.05, 0.1) is 6.61 Å². The van der Waals surface area contributed by atoms with Crippen molar-refractivity contribution in [2.24, 2.45) is 0 Å². The monoisotopic (exact) mass is 328 g/mol. The molecular weight excluding hydrogens is 308 g/mol. The molecule has 0 aromatic heterocycles. The van der Waals surface area contributed by atoms with Gasteiger partial charge < -0.3 is 10.4 Å². The van der Waals surface area contributed by atoms with Crippen LogP contribution in [0.15, 0.2) is 48.5 Å². The highest BCUT2D eigenvalue weighted by molar-refractivity contribution is 5.97. The first kappa shape index (κ1) is 17.7. The third kappa shape index (κ3) is 4.18. The summed E-state index contributed by atoms with van der Waals surface area (Å²) in [5.41, 5.74) is 5.03. The zero-order valence-electron chi connectivity index (χ0n) is 13.3. The van der Waals surface area contributed by atoms with Crippen molar-refractivity contribution in [3.05, 3.63) is 59.7 Å². The summed E-state index contributed by atoms with van der Waals surface area (Å²) in [6, 6.07) is 13.9. The van der Waals surface area contributed by atoms with E-state index < -0.39 is 24.5 Å². The lowest BCUT2D eigenvalue weighted by molar-refractivity contribution is -0.132. The van der Waals surface area contributed by atoms with Gasteiger partial charge in [-0.3, -0.25) is 14.8 Å². The second-order valence-corrected chi connectivity index (χ2v) is 5.31. The second kappa shape index (κ2) is 8.24. The Bertz CT molecular complexity index is 696. The Morgan fingerprint density at radius 2 is 1.54 bits per heavy atom. The summed E-state index contributed by atoms with van der Waals surface area (Å²) in [5, 5.41) is 20.0. The summed E-state index contributed by atoms with van der Waals surface area (Å²) in [6.07, 6.45) is 0.979. The minimum atomic E-state index is -1.20. The number of nitrogens with one attached hydrogen (secondary N) is 2. The summed E-state index contributed by atoms with van der Waals surface area (Å²) in [7, 11) is 0. The van der Waals surface area contributed by atoms with Gasteiger partial charge in [0, 0.05) is 5.56 Å². The van der Waals surface area contributed by atoms with Gasteiger partial charge in [0.15, 0.2) is 0 Å². The smallest absolute Gasteiger partial charge is 0.268 e. The Kier molecular flexibility index (Phi) is 6.06. The van der Waals surface area contributed by atoms with Gasteiger partial charge in [0.1, 0.15) is 6.04 Å². The number of rotatable bonds is 6. The topological polar surface area (TPSA) is 98.7 Å². The lowest BCUT2D eigenvalue weighted by Gasteiger charge is -2.14. The number of carbonyl (C=O) groups excluding carboxylic acids is 2. The molecule has 2 aromatic carbocycles. The van der Waals surface area contributed by atoms with Gasteiger partial charge in [0.25, 0.3) is 11.8 Å². The molecule has 0 bridgehead atoms. The quantitative estimate of drug-likeness (QED) is 0.477. The highest BCUT2D eigenvalue weighted by atomic mass is 16.5. The first-order valence-electron chi connectivity index (χ1n) is 7.64. The third-order valence-corrected chi connectivity index (χ3v) is 3.76. The summed E-state index contributed by atoms with van der Waals surface area (Å²) >= 11 is 0. The van der Waals surface area contributed by atoms with E-state index in [0.29, 0.717) is 5.56 Å². The van der Waals surface area contributed by atoms with Gasteiger partial charge in [-0.1, -0.05) is 43.3 Å². The van der Waals surface area contributed by atoms with Crippen molar-refractivity contribution in [3.8, 4) is 11.1 Å². The van der Waals surface area contributed by atoms with Gasteiger partial charge >= 0.3 is 0 Å². The molecule has 0 saturated carbocycles. The van der Waals surface area contributed by atoms with Crippen LogP contribution in [0.1, 0.15) is 22.8 Å². The zero-order chi connectivity index (χ0) is 17.5. The van der Waals surface area contributed by atoms with Gasteiger partial charge in [-0.15, -0.1) is 0 Å². The normalized spacial score (nSPS) is 11.6. The first-order chi connectivity index (χ1) is 11.6. The Hall–Kier alpha value is -2.70. The molecule has 6 heteroatoms. The van der Waals surface area contributed by atoms with E-state index in [1.807, 2.05) is 24.3 Å². The molecule has 0 aliphatic carbocycles. The number of hydrogen-bond donors (Lipinski definition) is 4. The van der Waals surface area contributed by atoms with E-state index in [0.717, 1.165) is 17.5 Å². The van der Waals surface area contributed by atoms with Crippen LogP contribution in [0.2, 0.25) is 0 Å². The molecule has 0 aliphatic heterocycles. The lowest BCUT2D eigenvalue weighted by Crippen LogP contribution is -2.48.